The van der Waals surface area contributed by atoms with Crippen LogP contribution in [-0.2, 0) is 18.9 Å². The third kappa shape index (κ3) is 2.85. The molecule has 0 amide bonds. The van der Waals surface area contributed by atoms with Crippen LogP contribution in [0.5, 0.6) is 11.5 Å². The highest BCUT2D eigenvalue weighted by atomic mass is 16.5. The first kappa shape index (κ1) is 20.7. The SMILES string of the molecule is CC(=O)c1c2c(c3oc(=O)cc(C)c3c1O)[C@H](c1ccc3c(c1)n(C)c(=O)n3C)CC(=O)O2. The number of hydrogen-bond acceptors (Lipinski definition) is 7. The highest BCUT2D eigenvalue weighted by Crippen LogP contribution is 2.49. The Labute approximate surface area is 186 Å². The van der Waals surface area contributed by atoms with E-state index in [-0.39, 0.29) is 34.4 Å². The van der Waals surface area contributed by atoms with E-state index in [2.05, 4.69) is 0 Å². The molecule has 0 spiro atoms. The molecule has 1 aliphatic rings. The van der Waals surface area contributed by atoms with Gasteiger partial charge in [-0.1, -0.05) is 6.07 Å². The topological polar surface area (TPSA) is 121 Å². The highest BCUT2D eigenvalue weighted by molar-refractivity contribution is 6.09. The number of imidazole rings is 1. The number of fused-ring (bicyclic) bond motifs is 4. The number of carbonyl (C=O) groups excluding carboxylic acids is 2. The molecule has 4 aromatic rings. The second kappa shape index (κ2) is 6.93. The van der Waals surface area contributed by atoms with E-state index in [1.807, 2.05) is 0 Å². The van der Waals surface area contributed by atoms with Crippen LogP contribution in [0.4, 0.5) is 0 Å². The number of aromatic nitrogens is 2. The third-order valence-electron chi connectivity index (χ3n) is 6.33. The summed E-state index contributed by atoms with van der Waals surface area (Å²) in [6, 6.07) is 6.59. The molecule has 9 nitrogen and oxygen atoms in total. The molecule has 0 fully saturated rings. The normalized spacial score (nSPS) is 15.6. The van der Waals surface area contributed by atoms with Gasteiger partial charge in [0, 0.05) is 31.6 Å². The lowest BCUT2D eigenvalue weighted by Crippen LogP contribution is -2.24. The molecule has 33 heavy (non-hydrogen) atoms. The van der Waals surface area contributed by atoms with Crippen molar-refractivity contribution in [2.45, 2.75) is 26.2 Å². The number of esters is 1. The summed E-state index contributed by atoms with van der Waals surface area (Å²) in [4.78, 5) is 49.7. The fourth-order valence-corrected chi connectivity index (χ4v) is 4.76. The van der Waals surface area contributed by atoms with Gasteiger partial charge < -0.3 is 14.3 Å². The van der Waals surface area contributed by atoms with Crippen LogP contribution in [0, 0.1) is 6.92 Å². The van der Waals surface area contributed by atoms with Crippen molar-refractivity contribution in [1.29, 1.82) is 0 Å². The van der Waals surface area contributed by atoms with Gasteiger partial charge in [-0.25, -0.2) is 9.59 Å². The number of ketones is 1. The lowest BCUT2D eigenvalue weighted by molar-refractivity contribution is -0.135. The van der Waals surface area contributed by atoms with Crippen molar-refractivity contribution < 1.29 is 23.8 Å². The van der Waals surface area contributed by atoms with E-state index in [1.165, 1.54) is 22.1 Å². The molecule has 0 unspecified atom stereocenters. The van der Waals surface area contributed by atoms with Gasteiger partial charge in [-0.3, -0.25) is 18.7 Å². The zero-order valence-corrected chi connectivity index (χ0v) is 18.4. The quantitative estimate of drug-likeness (QED) is 0.217. The predicted molar refractivity (Wildman–Crippen MR) is 119 cm³/mol. The van der Waals surface area contributed by atoms with Gasteiger partial charge >= 0.3 is 17.3 Å². The third-order valence-corrected chi connectivity index (χ3v) is 6.33. The van der Waals surface area contributed by atoms with E-state index >= 15 is 0 Å². The Hall–Kier alpha value is -4.14. The maximum atomic E-state index is 12.6. The average Bonchev–Trinajstić information content (AvgIpc) is 2.96. The van der Waals surface area contributed by atoms with Crippen molar-refractivity contribution in [2.24, 2.45) is 14.1 Å². The maximum absolute atomic E-state index is 12.6. The van der Waals surface area contributed by atoms with Gasteiger partial charge in [-0.2, -0.15) is 0 Å². The van der Waals surface area contributed by atoms with Crippen molar-refractivity contribution in [3.8, 4) is 11.5 Å². The molecule has 2 aromatic heterocycles. The van der Waals surface area contributed by atoms with E-state index in [0.29, 0.717) is 27.7 Å². The minimum absolute atomic E-state index is 0.0667. The second-order valence-corrected chi connectivity index (χ2v) is 8.35. The molecule has 2 aromatic carbocycles. The Morgan fingerprint density at radius 1 is 1.09 bits per heavy atom. The van der Waals surface area contributed by atoms with E-state index in [0.717, 1.165) is 0 Å². The van der Waals surface area contributed by atoms with Crippen LogP contribution >= 0.6 is 0 Å². The summed E-state index contributed by atoms with van der Waals surface area (Å²) < 4.78 is 14.0. The van der Waals surface area contributed by atoms with Crippen LogP contribution in [0.15, 0.2) is 38.3 Å². The summed E-state index contributed by atoms with van der Waals surface area (Å²) in [5.74, 6) is -2.22. The monoisotopic (exact) mass is 448 g/mol. The van der Waals surface area contributed by atoms with Crippen LogP contribution in [-0.4, -0.2) is 26.0 Å². The van der Waals surface area contributed by atoms with Crippen LogP contribution in [0.25, 0.3) is 22.0 Å². The van der Waals surface area contributed by atoms with Crippen LogP contribution < -0.4 is 16.1 Å². The molecule has 0 bridgehead atoms. The summed E-state index contributed by atoms with van der Waals surface area (Å²) in [6.07, 6.45) is -0.0752. The van der Waals surface area contributed by atoms with E-state index < -0.39 is 29.0 Å². The Balaban J connectivity index is 1.91. The van der Waals surface area contributed by atoms with Crippen LogP contribution in [0.1, 0.15) is 46.3 Å². The first-order valence-electron chi connectivity index (χ1n) is 10.3. The van der Waals surface area contributed by atoms with Crippen molar-refractivity contribution in [3.63, 3.8) is 0 Å². The Kier molecular flexibility index (Phi) is 4.36. The number of aryl methyl sites for hydroxylation is 3. The number of hydrogen-bond donors (Lipinski definition) is 1. The first-order chi connectivity index (χ1) is 15.6. The summed E-state index contributed by atoms with van der Waals surface area (Å²) in [6.45, 7) is 2.89. The second-order valence-electron chi connectivity index (χ2n) is 8.35. The zero-order chi connectivity index (χ0) is 23.8. The Morgan fingerprint density at radius 3 is 2.48 bits per heavy atom. The van der Waals surface area contributed by atoms with Crippen molar-refractivity contribution in [2.75, 3.05) is 0 Å². The van der Waals surface area contributed by atoms with Gasteiger partial charge in [0.2, 0.25) is 0 Å². The van der Waals surface area contributed by atoms with Gasteiger partial charge in [0.05, 0.1) is 22.8 Å². The number of phenols is 1. The molecule has 1 N–H and O–H groups in total. The zero-order valence-electron chi connectivity index (χ0n) is 18.4. The summed E-state index contributed by atoms with van der Waals surface area (Å²) in [5, 5.41) is 11.1. The molecule has 1 atom stereocenters. The Bertz CT molecular complexity index is 1650. The highest BCUT2D eigenvalue weighted by Gasteiger charge is 2.37. The molecular weight excluding hydrogens is 428 g/mol. The minimum atomic E-state index is -0.632. The van der Waals surface area contributed by atoms with E-state index in [1.54, 1.807) is 39.2 Å². The number of Topliss-reactive ketones (excluding diaryl/α,β-unsaturated/α-hetero) is 1. The van der Waals surface area contributed by atoms with E-state index in [4.69, 9.17) is 9.15 Å². The van der Waals surface area contributed by atoms with Crippen molar-refractivity contribution >= 4 is 33.8 Å². The Morgan fingerprint density at radius 2 is 1.79 bits per heavy atom. The lowest BCUT2D eigenvalue weighted by atomic mass is 9.82. The van der Waals surface area contributed by atoms with Gasteiger partial charge in [-0.05, 0) is 37.1 Å². The average molecular weight is 448 g/mol. The largest absolute Gasteiger partial charge is 0.506 e. The van der Waals surface area contributed by atoms with E-state index in [9.17, 15) is 24.3 Å². The molecule has 9 heteroatoms. The molecular formula is C24H20N2O7. The number of nitrogens with zero attached hydrogens (tertiary/aromatic N) is 2. The fraction of sp³-hybridized carbons (Fsp3) is 0.250. The number of phenolic OH excluding ortho intramolecular Hbond substituents is 1. The minimum Gasteiger partial charge on any atom is -0.506 e. The summed E-state index contributed by atoms with van der Waals surface area (Å²) in [7, 11) is 3.33. The number of aromatic hydroxyl groups is 1. The smallest absolute Gasteiger partial charge is 0.336 e. The number of carbonyl (C=O) groups is 2. The lowest BCUT2D eigenvalue weighted by Gasteiger charge is -2.28. The first-order valence-corrected chi connectivity index (χ1v) is 10.3. The molecule has 0 radical (unpaired) electrons. The van der Waals surface area contributed by atoms with Gasteiger partial charge in [0.15, 0.2) is 11.5 Å². The standard InChI is InChI=1S/C24H20N2O7/c1-10-7-16(28)32-22-18(10)21(30)19(11(2)27)23-20(22)13(9-17(29)33-23)12-5-6-14-15(8-12)26(4)24(31)25(14)3/h5-8,13,30H,9H2,1-4H3/t13-/m0/s1. The van der Waals surface area contributed by atoms with Crippen LogP contribution in [0.2, 0.25) is 0 Å². The fourth-order valence-electron chi connectivity index (χ4n) is 4.76. The maximum Gasteiger partial charge on any atom is 0.336 e. The molecule has 0 aliphatic carbocycles. The molecule has 5 rings (SSSR count). The van der Waals surface area contributed by atoms with Crippen molar-refractivity contribution in [3.05, 3.63) is 67.4 Å². The summed E-state index contributed by atoms with van der Waals surface area (Å²) >= 11 is 0. The van der Waals surface area contributed by atoms with Gasteiger partial charge in [-0.15, -0.1) is 0 Å². The number of benzene rings is 2. The molecule has 1 aliphatic heterocycles. The van der Waals surface area contributed by atoms with Crippen molar-refractivity contribution in [1.82, 2.24) is 9.13 Å². The van der Waals surface area contributed by atoms with Gasteiger partial charge in [0.1, 0.15) is 16.9 Å². The summed E-state index contributed by atoms with van der Waals surface area (Å²) in [5.41, 5.74) is 1.93. The molecule has 168 valence electrons. The molecule has 0 saturated heterocycles. The van der Waals surface area contributed by atoms with Crippen LogP contribution in [0.3, 0.4) is 0 Å². The predicted octanol–water partition coefficient (Wildman–Crippen LogP) is 2.64. The molecule has 0 saturated carbocycles. The van der Waals surface area contributed by atoms with Gasteiger partial charge in [0.25, 0.3) is 0 Å². The number of ether oxygens (including phenoxy) is 1. The number of rotatable bonds is 2. The molecule has 3 heterocycles.